The standard InChI is InChI=1S/C13H19N3O2/c1-18-10-2-3-11(13(14)15)12(6-10)16-5-4-9(7-16)8-17/h2-3,6,9,17H,4-5,7-8H2,1H3,(H3,14,15). The van der Waals surface area contributed by atoms with E-state index < -0.39 is 0 Å². The predicted molar refractivity (Wildman–Crippen MR) is 71.4 cm³/mol. The summed E-state index contributed by atoms with van der Waals surface area (Å²) in [6.45, 7) is 1.87. The number of hydrogen-bond donors (Lipinski definition) is 3. The van der Waals surface area contributed by atoms with Crippen LogP contribution in [0.1, 0.15) is 12.0 Å². The van der Waals surface area contributed by atoms with Crippen molar-refractivity contribution in [3.63, 3.8) is 0 Å². The molecular weight excluding hydrogens is 230 g/mol. The van der Waals surface area contributed by atoms with Crippen LogP contribution in [-0.2, 0) is 0 Å². The van der Waals surface area contributed by atoms with Gasteiger partial charge >= 0.3 is 0 Å². The first-order valence-corrected chi connectivity index (χ1v) is 6.04. The summed E-state index contributed by atoms with van der Waals surface area (Å²) in [5.41, 5.74) is 7.24. The van der Waals surface area contributed by atoms with Crippen molar-refractivity contribution in [2.45, 2.75) is 6.42 Å². The zero-order valence-corrected chi connectivity index (χ0v) is 10.5. The number of benzene rings is 1. The molecule has 0 amide bonds. The van der Waals surface area contributed by atoms with Gasteiger partial charge in [-0.25, -0.2) is 0 Å². The van der Waals surface area contributed by atoms with E-state index in [1.807, 2.05) is 12.1 Å². The third-order valence-corrected chi connectivity index (χ3v) is 3.38. The van der Waals surface area contributed by atoms with Gasteiger partial charge in [0, 0.05) is 37.2 Å². The van der Waals surface area contributed by atoms with E-state index in [1.54, 1.807) is 13.2 Å². The minimum atomic E-state index is 0.0556. The lowest BCUT2D eigenvalue weighted by atomic mass is 10.1. The molecule has 5 nitrogen and oxygen atoms in total. The first kappa shape index (κ1) is 12.7. The van der Waals surface area contributed by atoms with Crippen LogP contribution in [0, 0.1) is 11.3 Å². The van der Waals surface area contributed by atoms with E-state index in [0.29, 0.717) is 5.92 Å². The number of ether oxygens (including phenoxy) is 1. The van der Waals surface area contributed by atoms with Crippen molar-refractivity contribution >= 4 is 11.5 Å². The largest absolute Gasteiger partial charge is 0.497 e. The molecule has 18 heavy (non-hydrogen) atoms. The lowest BCUT2D eigenvalue weighted by molar-refractivity contribution is 0.238. The average molecular weight is 249 g/mol. The molecule has 4 N–H and O–H groups in total. The van der Waals surface area contributed by atoms with Crippen LogP contribution in [0.5, 0.6) is 5.75 Å². The van der Waals surface area contributed by atoms with Gasteiger partial charge in [0.25, 0.3) is 0 Å². The molecule has 5 heteroatoms. The van der Waals surface area contributed by atoms with E-state index in [2.05, 4.69) is 4.90 Å². The zero-order valence-electron chi connectivity index (χ0n) is 10.5. The van der Waals surface area contributed by atoms with Crippen LogP contribution in [0.15, 0.2) is 18.2 Å². The second-order valence-electron chi connectivity index (χ2n) is 4.58. The molecule has 1 atom stereocenters. The van der Waals surface area contributed by atoms with E-state index in [1.165, 1.54) is 0 Å². The van der Waals surface area contributed by atoms with Gasteiger partial charge in [-0.1, -0.05) is 0 Å². The van der Waals surface area contributed by atoms with Gasteiger partial charge in [-0.15, -0.1) is 0 Å². The normalized spacial score (nSPS) is 19.0. The van der Waals surface area contributed by atoms with E-state index in [-0.39, 0.29) is 12.4 Å². The third kappa shape index (κ3) is 2.41. The Morgan fingerprint density at radius 2 is 2.39 bits per heavy atom. The first-order valence-electron chi connectivity index (χ1n) is 6.04. The maximum atomic E-state index is 9.19. The van der Waals surface area contributed by atoms with Crippen molar-refractivity contribution in [2.75, 3.05) is 31.7 Å². The number of aliphatic hydroxyl groups is 1. The lowest BCUT2D eigenvalue weighted by Crippen LogP contribution is -2.24. The van der Waals surface area contributed by atoms with Gasteiger partial charge < -0.3 is 20.5 Å². The molecule has 98 valence electrons. The molecule has 0 bridgehead atoms. The Balaban J connectivity index is 2.32. The SMILES string of the molecule is COc1ccc(C(=N)N)c(N2CCC(CO)C2)c1. The van der Waals surface area contributed by atoms with Gasteiger partial charge in [-0.3, -0.25) is 5.41 Å². The maximum absolute atomic E-state index is 9.19. The molecule has 0 aromatic heterocycles. The smallest absolute Gasteiger partial charge is 0.124 e. The fraction of sp³-hybridized carbons (Fsp3) is 0.462. The molecule has 2 rings (SSSR count). The van der Waals surface area contributed by atoms with E-state index in [4.69, 9.17) is 15.9 Å². The second-order valence-corrected chi connectivity index (χ2v) is 4.58. The summed E-state index contributed by atoms with van der Waals surface area (Å²) >= 11 is 0. The molecule has 1 aliphatic heterocycles. The number of methoxy groups -OCH3 is 1. The van der Waals surface area contributed by atoms with Crippen LogP contribution >= 0.6 is 0 Å². The fourth-order valence-corrected chi connectivity index (χ4v) is 2.33. The number of aliphatic hydroxyl groups excluding tert-OH is 1. The molecule has 0 spiro atoms. The Morgan fingerprint density at radius 1 is 1.61 bits per heavy atom. The highest BCUT2D eigenvalue weighted by Gasteiger charge is 2.24. The zero-order chi connectivity index (χ0) is 13.1. The van der Waals surface area contributed by atoms with Gasteiger partial charge in [0.2, 0.25) is 0 Å². The first-order chi connectivity index (χ1) is 8.65. The van der Waals surface area contributed by atoms with Crippen molar-refractivity contribution in [1.82, 2.24) is 0 Å². The Kier molecular flexibility index (Phi) is 3.72. The summed E-state index contributed by atoms with van der Waals surface area (Å²) in [5.74, 6) is 1.11. The Labute approximate surface area is 107 Å². The highest BCUT2D eigenvalue weighted by molar-refractivity contribution is 6.00. The van der Waals surface area contributed by atoms with Crippen molar-refractivity contribution in [2.24, 2.45) is 11.7 Å². The molecule has 0 saturated carbocycles. The van der Waals surface area contributed by atoms with Gasteiger partial charge in [0.05, 0.1) is 12.8 Å². The molecule has 1 aromatic carbocycles. The number of nitrogens with one attached hydrogen (secondary N) is 1. The number of nitrogens with two attached hydrogens (primary N) is 1. The second kappa shape index (κ2) is 5.27. The molecule has 1 aromatic rings. The average Bonchev–Trinajstić information content (AvgIpc) is 2.86. The number of rotatable bonds is 4. The summed E-state index contributed by atoms with van der Waals surface area (Å²) in [7, 11) is 1.62. The van der Waals surface area contributed by atoms with Gasteiger partial charge in [-0.2, -0.15) is 0 Å². The highest BCUT2D eigenvalue weighted by Crippen LogP contribution is 2.30. The number of nitrogen functional groups attached to an aromatic ring is 1. The Bertz CT molecular complexity index is 448. The summed E-state index contributed by atoms with van der Waals surface area (Å²) in [6.07, 6.45) is 0.963. The molecule has 0 radical (unpaired) electrons. The molecular formula is C13H19N3O2. The number of anilines is 1. The van der Waals surface area contributed by atoms with Crippen molar-refractivity contribution < 1.29 is 9.84 Å². The van der Waals surface area contributed by atoms with E-state index in [0.717, 1.165) is 36.5 Å². The predicted octanol–water partition coefficient (Wildman–Crippen LogP) is 0.798. The van der Waals surface area contributed by atoms with Gasteiger partial charge in [0.1, 0.15) is 11.6 Å². The van der Waals surface area contributed by atoms with Crippen LogP contribution in [0.25, 0.3) is 0 Å². The molecule has 1 aliphatic rings. The number of nitrogens with zero attached hydrogens (tertiary/aromatic N) is 1. The van der Waals surface area contributed by atoms with Gasteiger partial charge in [-0.05, 0) is 18.6 Å². The molecule has 1 fully saturated rings. The van der Waals surface area contributed by atoms with Crippen molar-refractivity contribution in [3.8, 4) is 5.75 Å². The summed E-state index contributed by atoms with van der Waals surface area (Å²) in [5, 5.41) is 16.8. The molecule has 0 aliphatic carbocycles. The summed E-state index contributed by atoms with van der Waals surface area (Å²) < 4.78 is 5.21. The molecule has 1 unspecified atom stereocenters. The van der Waals surface area contributed by atoms with Gasteiger partial charge in [0.15, 0.2) is 0 Å². The molecule has 1 heterocycles. The van der Waals surface area contributed by atoms with Crippen LogP contribution < -0.4 is 15.4 Å². The summed E-state index contributed by atoms with van der Waals surface area (Å²) in [6, 6.07) is 5.51. The topological polar surface area (TPSA) is 82.6 Å². The third-order valence-electron chi connectivity index (χ3n) is 3.38. The highest BCUT2D eigenvalue weighted by atomic mass is 16.5. The minimum absolute atomic E-state index is 0.0556. The van der Waals surface area contributed by atoms with Crippen molar-refractivity contribution in [3.05, 3.63) is 23.8 Å². The van der Waals surface area contributed by atoms with Crippen LogP contribution in [0.2, 0.25) is 0 Å². The Hall–Kier alpha value is -1.75. The maximum Gasteiger partial charge on any atom is 0.124 e. The number of hydrogen-bond acceptors (Lipinski definition) is 4. The van der Waals surface area contributed by atoms with E-state index >= 15 is 0 Å². The fourth-order valence-electron chi connectivity index (χ4n) is 2.33. The lowest BCUT2D eigenvalue weighted by Gasteiger charge is -2.22. The Morgan fingerprint density at radius 3 is 2.94 bits per heavy atom. The number of amidine groups is 1. The van der Waals surface area contributed by atoms with Crippen LogP contribution in [-0.4, -0.2) is 37.7 Å². The summed E-state index contributed by atoms with van der Waals surface area (Å²) in [4.78, 5) is 2.15. The van der Waals surface area contributed by atoms with E-state index in [9.17, 15) is 5.11 Å². The quantitative estimate of drug-likeness (QED) is 0.544. The van der Waals surface area contributed by atoms with Crippen LogP contribution in [0.3, 0.4) is 0 Å². The minimum Gasteiger partial charge on any atom is -0.497 e. The van der Waals surface area contributed by atoms with Crippen LogP contribution in [0.4, 0.5) is 5.69 Å². The molecule has 1 saturated heterocycles. The van der Waals surface area contributed by atoms with Crippen molar-refractivity contribution in [1.29, 1.82) is 5.41 Å². The monoisotopic (exact) mass is 249 g/mol.